The Kier molecular flexibility index (Phi) is 2.87. The Bertz CT molecular complexity index is 319. The molecule has 0 atom stereocenters. The predicted octanol–water partition coefficient (Wildman–Crippen LogP) is 1.55. The topological polar surface area (TPSA) is 34.9 Å². The van der Waals surface area contributed by atoms with Crippen molar-refractivity contribution in [1.29, 1.82) is 0 Å². The zero-order chi connectivity index (χ0) is 9.14. The fraction of sp³-hybridized carbons (Fsp3) is 0.500. The van der Waals surface area contributed by atoms with Gasteiger partial charge in [0.1, 0.15) is 5.02 Å². The Labute approximate surface area is 76.0 Å². The molecule has 0 aliphatic carbocycles. The van der Waals surface area contributed by atoms with E-state index in [1.807, 2.05) is 13.8 Å². The smallest absolute Gasteiger partial charge is 0.266 e. The lowest BCUT2D eigenvalue weighted by atomic mass is 10.2. The van der Waals surface area contributed by atoms with Gasteiger partial charge in [-0.15, -0.1) is 0 Å². The average molecular weight is 187 g/mol. The van der Waals surface area contributed by atoms with Crippen LogP contribution in [0.4, 0.5) is 0 Å². The highest BCUT2D eigenvalue weighted by Gasteiger charge is 2.02. The van der Waals surface area contributed by atoms with E-state index in [-0.39, 0.29) is 10.6 Å². The van der Waals surface area contributed by atoms with Crippen molar-refractivity contribution in [2.75, 3.05) is 0 Å². The maximum Gasteiger partial charge on any atom is 0.285 e. The van der Waals surface area contributed by atoms with Crippen molar-refractivity contribution >= 4 is 11.6 Å². The van der Waals surface area contributed by atoms with E-state index >= 15 is 0 Å². The van der Waals surface area contributed by atoms with Crippen molar-refractivity contribution < 1.29 is 0 Å². The fourth-order valence-electron chi connectivity index (χ4n) is 0.902. The maximum atomic E-state index is 11.3. The van der Waals surface area contributed by atoms with Gasteiger partial charge in [-0.1, -0.05) is 25.4 Å². The number of nitrogens with zero attached hydrogens (tertiary/aromatic N) is 2. The molecule has 3 nitrogen and oxygen atoms in total. The van der Waals surface area contributed by atoms with Crippen LogP contribution in [0.2, 0.25) is 5.02 Å². The van der Waals surface area contributed by atoms with Gasteiger partial charge in [0.05, 0.1) is 0 Å². The van der Waals surface area contributed by atoms with Crippen LogP contribution in [0.15, 0.2) is 17.1 Å². The maximum absolute atomic E-state index is 11.3. The van der Waals surface area contributed by atoms with Crippen LogP contribution in [0.1, 0.15) is 13.8 Å². The molecule has 0 radical (unpaired) electrons. The highest BCUT2D eigenvalue weighted by Crippen LogP contribution is 1.99. The molecule has 0 N–H and O–H groups in total. The summed E-state index contributed by atoms with van der Waals surface area (Å²) in [5.41, 5.74) is -0.215. The molecule has 0 spiro atoms. The van der Waals surface area contributed by atoms with Gasteiger partial charge in [-0.2, -0.15) is 5.10 Å². The molecule has 4 heteroatoms. The first-order valence-corrected chi connectivity index (χ1v) is 4.20. The first-order chi connectivity index (χ1) is 5.61. The third-order valence-electron chi connectivity index (χ3n) is 1.40. The summed E-state index contributed by atoms with van der Waals surface area (Å²) in [4.78, 5) is 11.3. The van der Waals surface area contributed by atoms with Crippen LogP contribution in [0, 0.1) is 5.92 Å². The molecule has 1 aromatic rings. The Hall–Kier alpha value is -0.830. The molecule has 0 amide bonds. The molecular formula is C8H11ClN2O. The molecule has 0 fully saturated rings. The predicted molar refractivity (Wildman–Crippen MR) is 48.3 cm³/mol. The summed E-state index contributed by atoms with van der Waals surface area (Å²) in [5.74, 6) is 0.397. The minimum atomic E-state index is -0.215. The second-order valence-electron chi connectivity index (χ2n) is 3.06. The Balaban J connectivity index is 3.01. The van der Waals surface area contributed by atoms with Crippen molar-refractivity contribution in [3.05, 3.63) is 27.6 Å². The normalized spacial score (nSPS) is 10.7. The van der Waals surface area contributed by atoms with Gasteiger partial charge in [0.25, 0.3) is 5.56 Å². The molecular weight excluding hydrogens is 176 g/mol. The summed E-state index contributed by atoms with van der Waals surface area (Å²) in [5, 5.41) is 4.13. The highest BCUT2D eigenvalue weighted by molar-refractivity contribution is 6.30. The van der Waals surface area contributed by atoms with Crippen LogP contribution in [-0.2, 0) is 6.54 Å². The van der Waals surface area contributed by atoms with Gasteiger partial charge in [-0.25, -0.2) is 4.68 Å². The molecule has 12 heavy (non-hydrogen) atoms. The molecule has 0 unspecified atom stereocenters. The Morgan fingerprint density at radius 2 is 2.33 bits per heavy atom. The third kappa shape index (κ3) is 2.08. The van der Waals surface area contributed by atoms with E-state index in [0.717, 1.165) is 0 Å². The van der Waals surface area contributed by atoms with Gasteiger partial charge in [-0.3, -0.25) is 4.79 Å². The number of hydrogen-bond acceptors (Lipinski definition) is 2. The number of hydrogen-bond donors (Lipinski definition) is 0. The van der Waals surface area contributed by atoms with E-state index in [1.54, 1.807) is 0 Å². The molecule has 1 rings (SSSR count). The van der Waals surface area contributed by atoms with Crippen LogP contribution in [-0.4, -0.2) is 9.78 Å². The van der Waals surface area contributed by atoms with Crippen molar-refractivity contribution in [1.82, 2.24) is 9.78 Å². The fourth-order valence-corrected chi connectivity index (χ4v) is 1.06. The second-order valence-corrected chi connectivity index (χ2v) is 3.47. The zero-order valence-electron chi connectivity index (χ0n) is 7.12. The van der Waals surface area contributed by atoms with Gasteiger partial charge in [0.2, 0.25) is 0 Å². The largest absolute Gasteiger partial charge is 0.285 e. The SMILES string of the molecule is CC(C)Cn1nccc(Cl)c1=O. The average Bonchev–Trinajstić information content (AvgIpc) is 1.98. The number of halogens is 1. The minimum absolute atomic E-state index is 0.215. The van der Waals surface area contributed by atoms with Gasteiger partial charge in [0, 0.05) is 12.7 Å². The summed E-state index contributed by atoms with van der Waals surface area (Å²) < 4.78 is 1.38. The highest BCUT2D eigenvalue weighted by atomic mass is 35.5. The number of rotatable bonds is 2. The second kappa shape index (κ2) is 3.72. The number of aromatic nitrogens is 2. The van der Waals surface area contributed by atoms with Gasteiger partial charge < -0.3 is 0 Å². The molecule has 1 aromatic heterocycles. The molecule has 0 saturated carbocycles. The van der Waals surface area contributed by atoms with Gasteiger partial charge in [-0.05, 0) is 12.0 Å². The van der Waals surface area contributed by atoms with E-state index in [4.69, 9.17) is 11.6 Å². The molecule has 0 aliphatic heterocycles. The molecule has 0 aliphatic rings. The van der Waals surface area contributed by atoms with E-state index in [2.05, 4.69) is 5.10 Å². The van der Waals surface area contributed by atoms with E-state index in [0.29, 0.717) is 12.5 Å². The molecule has 0 saturated heterocycles. The summed E-state index contributed by atoms with van der Waals surface area (Å²) >= 11 is 5.62. The summed E-state index contributed by atoms with van der Waals surface area (Å²) in [6.07, 6.45) is 1.53. The van der Waals surface area contributed by atoms with Crippen molar-refractivity contribution in [2.24, 2.45) is 5.92 Å². The first-order valence-electron chi connectivity index (χ1n) is 3.83. The van der Waals surface area contributed by atoms with Crippen LogP contribution >= 0.6 is 11.6 Å². The van der Waals surface area contributed by atoms with Crippen LogP contribution in [0.25, 0.3) is 0 Å². The van der Waals surface area contributed by atoms with Crippen LogP contribution in [0.3, 0.4) is 0 Å². The van der Waals surface area contributed by atoms with Crippen molar-refractivity contribution in [3.63, 3.8) is 0 Å². The molecule has 0 aromatic carbocycles. The lowest BCUT2D eigenvalue weighted by Gasteiger charge is -2.05. The Morgan fingerprint density at radius 1 is 1.67 bits per heavy atom. The lowest BCUT2D eigenvalue weighted by molar-refractivity contribution is 0.464. The Morgan fingerprint density at radius 3 is 2.92 bits per heavy atom. The molecule has 66 valence electrons. The summed E-state index contributed by atoms with van der Waals surface area (Å²) in [7, 11) is 0. The first kappa shape index (κ1) is 9.26. The minimum Gasteiger partial charge on any atom is -0.266 e. The zero-order valence-corrected chi connectivity index (χ0v) is 7.88. The third-order valence-corrected chi connectivity index (χ3v) is 1.69. The van der Waals surface area contributed by atoms with Crippen LogP contribution in [0.5, 0.6) is 0 Å². The van der Waals surface area contributed by atoms with E-state index in [9.17, 15) is 4.79 Å². The monoisotopic (exact) mass is 186 g/mol. The molecule has 0 bridgehead atoms. The standard InChI is InChI=1S/C8H11ClN2O/c1-6(2)5-11-8(12)7(9)3-4-10-11/h3-4,6H,5H2,1-2H3. The van der Waals surface area contributed by atoms with Crippen molar-refractivity contribution in [2.45, 2.75) is 20.4 Å². The van der Waals surface area contributed by atoms with Crippen LogP contribution < -0.4 is 5.56 Å². The lowest BCUT2D eigenvalue weighted by Crippen LogP contribution is -2.24. The quantitative estimate of drug-likeness (QED) is 0.703. The van der Waals surface area contributed by atoms with Gasteiger partial charge in [0.15, 0.2) is 0 Å². The van der Waals surface area contributed by atoms with Crippen molar-refractivity contribution in [3.8, 4) is 0 Å². The van der Waals surface area contributed by atoms with Gasteiger partial charge >= 0.3 is 0 Å². The summed E-state index contributed by atoms with van der Waals surface area (Å²) in [6.45, 7) is 4.66. The van der Waals surface area contributed by atoms with E-state index < -0.39 is 0 Å². The van der Waals surface area contributed by atoms with E-state index in [1.165, 1.54) is 16.9 Å². The molecule has 1 heterocycles. The summed E-state index contributed by atoms with van der Waals surface area (Å²) in [6, 6.07) is 1.50.